The molecule has 1 N–H and O–H groups in total. The minimum atomic E-state index is -0.427. The first-order valence-corrected chi connectivity index (χ1v) is 10.9. The molecule has 0 saturated carbocycles. The second kappa shape index (κ2) is 8.27. The largest absolute Gasteiger partial charge is 0.354 e. The molecule has 1 heterocycles. The van der Waals surface area contributed by atoms with Crippen molar-refractivity contribution in [3.8, 4) is 22.9 Å². The number of nitrogens with zero attached hydrogens (tertiary/aromatic N) is 2. The van der Waals surface area contributed by atoms with E-state index in [-0.39, 0.29) is 29.7 Å². The molecule has 0 amide bonds. The number of aromatic nitrogens is 1. The van der Waals surface area contributed by atoms with Gasteiger partial charge in [0, 0.05) is 22.1 Å². The fourth-order valence-corrected chi connectivity index (χ4v) is 4.38. The first-order valence-electron chi connectivity index (χ1n) is 13.4. The van der Waals surface area contributed by atoms with Gasteiger partial charge in [-0.05, 0) is 53.6 Å². The average Bonchev–Trinajstić information content (AvgIpc) is 3.30. The molecular weight excluding hydrogens is 414 g/mol. The number of anilines is 2. The lowest BCUT2D eigenvalue weighted by Crippen LogP contribution is -1.99. The van der Waals surface area contributed by atoms with E-state index in [4.69, 9.17) is 6.85 Å². The highest BCUT2D eigenvalue weighted by Gasteiger charge is 2.13. The lowest BCUT2D eigenvalue weighted by Gasteiger charge is -2.14. The van der Waals surface area contributed by atoms with Gasteiger partial charge in [0.05, 0.1) is 29.1 Å². The van der Waals surface area contributed by atoms with E-state index in [9.17, 15) is 5.26 Å². The van der Waals surface area contributed by atoms with Gasteiger partial charge < -0.3 is 9.88 Å². The standard InChI is InChI=1S/C31H21N3/c32-21-24-17-18-26(34-30-15-6-4-13-27(30)28-14-5-7-16-31(28)34)20-29(24)33-25-12-8-11-23(19-25)22-9-2-1-3-10-22/h1-20,33H/i1D,2D,3D,9D,10D. The van der Waals surface area contributed by atoms with Crippen LogP contribution in [0.5, 0.6) is 0 Å². The molecule has 0 aliphatic heterocycles. The van der Waals surface area contributed by atoms with Crippen molar-refractivity contribution in [1.29, 1.82) is 5.26 Å². The van der Waals surface area contributed by atoms with Crippen molar-refractivity contribution in [3.63, 3.8) is 0 Å². The van der Waals surface area contributed by atoms with Crippen LogP contribution in [-0.4, -0.2) is 4.57 Å². The Bertz CT molecular complexity index is 1890. The Labute approximate surface area is 205 Å². The maximum atomic E-state index is 9.85. The van der Waals surface area contributed by atoms with Gasteiger partial charge in [-0.25, -0.2) is 0 Å². The molecule has 0 aliphatic carbocycles. The molecule has 3 heteroatoms. The lowest BCUT2D eigenvalue weighted by molar-refractivity contribution is 1.18. The number of para-hydroxylation sites is 2. The van der Waals surface area contributed by atoms with Crippen molar-refractivity contribution in [2.45, 2.75) is 0 Å². The molecule has 0 saturated heterocycles. The van der Waals surface area contributed by atoms with Crippen LogP contribution in [0.15, 0.2) is 121 Å². The maximum absolute atomic E-state index is 9.85. The number of nitrogens with one attached hydrogen (secondary N) is 1. The third-order valence-electron chi connectivity index (χ3n) is 5.89. The molecular formula is C31H21N3. The van der Waals surface area contributed by atoms with E-state index in [1.165, 1.54) is 0 Å². The van der Waals surface area contributed by atoms with Crippen molar-refractivity contribution >= 4 is 33.2 Å². The van der Waals surface area contributed by atoms with Crippen molar-refractivity contribution in [3.05, 3.63) is 127 Å². The zero-order valence-electron chi connectivity index (χ0n) is 23.1. The Morgan fingerprint density at radius 1 is 0.706 bits per heavy atom. The average molecular weight is 441 g/mol. The first-order chi connectivity index (χ1) is 18.9. The summed E-state index contributed by atoms with van der Waals surface area (Å²) in [6, 6.07) is 29.6. The Balaban J connectivity index is 1.47. The first kappa shape index (κ1) is 15.1. The van der Waals surface area contributed by atoms with Crippen molar-refractivity contribution < 1.29 is 6.85 Å². The van der Waals surface area contributed by atoms with Gasteiger partial charge in [0.1, 0.15) is 6.07 Å². The topological polar surface area (TPSA) is 40.8 Å². The van der Waals surface area contributed by atoms with Gasteiger partial charge in [0.25, 0.3) is 0 Å². The van der Waals surface area contributed by atoms with Crippen LogP contribution in [0, 0.1) is 11.3 Å². The van der Waals surface area contributed by atoms with Gasteiger partial charge in [0.15, 0.2) is 0 Å². The van der Waals surface area contributed by atoms with Crippen molar-refractivity contribution in [2.24, 2.45) is 0 Å². The summed E-state index contributed by atoms with van der Waals surface area (Å²) in [5.74, 6) is 0. The third-order valence-corrected chi connectivity index (χ3v) is 5.89. The summed E-state index contributed by atoms with van der Waals surface area (Å²) in [7, 11) is 0. The summed E-state index contributed by atoms with van der Waals surface area (Å²) in [5, 5.41) is 15.4. The fourth-order valence-electron chi connectivity index (χ4n) is 4.38. The van der Waals surface area contributed by atoms with E-state index < -0.39 is 6.04 Å². The number of hydrogen-bond acceptors (Lipinski definition) is 2. The highest BCUT2D eigenvalue weighted by molar-refractivity contribution is 6.09. The SMILES string of the molecule is [2H]c1c([2H])c([2H])c(-c2cccc(Nc3cc(-n4c5ccccc5c5ccccc54)ccc3C#N)c2)c([2H])c1[2H]. The van der Waals surface area contributed by atoms with Gasteiger partial charge in [-0.2, -0.15) is 5.26 Å². The fraction of sp³-hybridized carbons (Fsp3) is 0. The zero-order chi connectivity index (χ0) is 27.3. The number of nitriles is 1. The second-order valence-corrected chi connectivity index (χ2v) is 7.92. The summed E-state index contributed by atoms with van der Waals surface area (Å²) >= 11 is 0. The Kier molecular flexibility index (Phi) is 3.68. The van der Waals surface area contributed by atoms with E-state index in [1.54, 1.807) is 24.3 Å². The van der Waals surface area contributed by atoms with Gasteiger partial charge >= 0.3 is 0 Å². The monoisotopic (exact) mass is 440 g/mol. The molecule has 0 spiro atoms. The molecule has 0 bridgehead atoms. The second-order valence-electron chi connectivity index (χ2n) is 7.92. The van der Waals surface area contributed by atoms with Crippen LogP contribution in [0.1, 0.15) is 12.4 Å². The lowest BCUT2D eigenvalue weighted by atomic mass is 10.0. The third kappa shape index (κ3) is 3.39. The normalized spacial score (nSPS) is 13.0. The maximum Gasteiger partial charge on any atom is 0.101 e. The summed E-state index contributed by atoms with van der Waals surface area (Å²) in [6.45, 7) is 0. The molecule has 0 fully saturated rings. The molecule has 0 radical (unpaired) electrons. The minimum absolute atomic E-state index is 0.129. The van der Waals surface area contributed by atoms with Crippen LogP contribution in [-0.2, 0) is 0 Å². The molecule has 34 heavy (non-hydrogen) atoms. The minimum Gasteiger partial charge on any atom is -0.354 e. The van der Waals surface area contributed by atoms with E-state index in [2.05, 4.69) is 40.2 Å². The van der Waals surface area contributed by atoms with E-state index in [1.807, 2.05) is 42.5 Å². The van der Waals surface area contributed by atoms with Crippen LogP contribution >= 0.6 is 0 Å². The predicted molar refractivity (Wildman–Crippen MR) is 141 cm³/mol. The summed E-state index contributed by atoms with van der Waals surface area (Å²) in [4.78, 5) is 0. The van der Waals surface area contributed by atoms with Crippen LogP contribution in [0.25, 0.3) is 38.6 Å². The van der Waals surface area contributed by atoms with Crippen LogP contribution in [0.2, 0.25) is 0 Å². The van der Waals surface area contributed by atoms with Crippen LogP contribution in [0.3, 0.4) is 0 Å². The molecule has 3 nitrogen and oxygen atoms in total. The highest BCUT2D eigenvalue weighted by Crippen LogP contribution is 2.34. The smallest absolute Gasteiger partial charge is 0.101 e. The Morgan fingerprint density at radius 3 is 2.12 bits per heavy atom. The van der Waals surface area contributed by atoms with Gasteiger partial charge in [-0.3, -0.25) is 0 Å². The molecule has 6 rings (SSSR count). The number of hydrogen-bond donors (Lipinski definition) is 1. The number of benzene rings is 5. The van der Waals surface area contributed by atoms with E-state index in [0.717, 1.165) is 27.5 Å². The zero-order valence-corrected chi connectivity index (χ0v) is 18.1. The van der Waals surface area contributed by atoms with Gasteiger partial charge in [-0.15, -0.1) is 0 Å². The van der Waals surface area contributed by atoms with Gasteiger partial charge in [-0.1, -0.05) is 78.7 Å². The quantitative estimate of drug-likeness (QED) is 0.301. The molecule has 0 unspecified atom stereocenters. The summed E-state index contributed by atoms with van der Waals surface area (Å²) in [6.07, 6.45) is 0. The predicted octanol–water partition coefficient (Wildman–Crippen LogP) is 8.07. The summed E-state index contributed by atoms with van der Waals surface area (Å²) < 4.78 is 42.7. The summed E-state index contributed by atoms with van der Waals surface area (Å²) in [5.41, 5.74) is 5.27. The number of rotatable bonds is 4. The van der Waals surface area contributed by atoms with Crippen LogP contribution < -0.4 is 5.32 Å². The molecule has 0 atom stereocenters. The molecule has 160 valence electrons. The molecule has 5 aromatic carbocycles. The van der Waals surface area contributed by atoms with Crippen molar-refractivity contribution in [1.82, 2.24) is 4.57 Å². The molecule has 1 aromatic heterocycles. The van der Waals surface area contributed by atoms with Crippen LogP contribution in [0.4, 0.5) is 11.4 Å². The van der Waals surface area contributed by atoms with Gasteiger partial charge in [0.2, 0.25) is 0 Å². The Morgan fingerprint density at radius 2 is 1.41 bits per heavy atom. The van der Waals surface area contributed by atoms with E-state index in [0.29, 0.717) is 22.5 Å². The van der Waals surface area contributed by atoms with E-state index >= 15 is 0 Å². The van der Waals surface area contributed by atoms with Crippen molar-refractivity contribution in [2.75, 3.05) is 5.32 Å². The highest BCUT2D eigenvalue weighted by atomic mass is 15.0. The Hall–Kier alpha value is -4.81. The molecule has 0 aliphatic rings. The molecule has 6 aromatic rings. The number of fused-ring (bicyclic) bond motifs is 3.